The van der Waals surface area contributed by atoms with E-state index in [2.05, 4.69) is 6.58 Å². The smallest absolute Gasteiger partial charge is 0.354 e. The summed E-state index contributed by atoms with van der Waals surface area (Å²) < 4.78 is 41.1. The number of carbonyl (C=O) groups is 1. The fraction of sp³-hybridized carbons (Fsp3) is 0.857. The van der Waals surface area contributed by atoms with E-state index in [1.807, 2.05) is 0 Å². The molecule has 0 rings (SSSR count). The Morgan fingerprint density at radius 1 is 0.741 bits per heavy atom. The molecule has 0 amide bonds. The Balaban J connectivity index is 3.07. The van der Waals surface area contributed by atoms with Crippen LogP contribution in [-0.2, 0) is 9.53 Å². The molecule has 0 spiro atoms. The van der Waals surface area contributed by atoms with Gasteiger partial charge in [0, 0.05) is 6.08 Å². The number of hydrogen-bond acceptors (Lipinski definition) is 2. The first kappa shape index (κ1) is 26.2. The van der Waals surface area contributed by atoms with Crippen molar-refractivity contribution in [1.29, 1.82) is 0 Å². The van der Waals surface area contributed by atoms with Gasteiger partial charge in [0.05, 0.1) is 6.61 Å². The Morgan fingerprint density at radius 3 is 1.48 bits per heavy atom. The average Bonchev–Trinajstić information content (AvgIpc) is 2.62. The monoisotopic (exact) mass is 408 g/mol. The van der Waals surface area contributed by atoms with E-state index in [1.54, 1.807) is 0 Å². The van der Waals surface area contributed by atoms with Crippen LogP contribution in [0, 0.1) is 0 Å². The molecule has 0 bridgehead atoms. The second-order valence-corrected chi connectivity index (χ2v) is 9.40. The molecule has 0 heterocycles. The third-order valence-electron chi connectivity index (χ3n) is 4.77. The predicted molar refractivity (Wildman–Crippen MR) is 110 cm³/mol. The number of ether oxygens (including phenoxy) is 1. The van der Waals surface area contributed by atoms with E-state index in [4.69, 9.17) is 4.74 Å². The highest BCUT2D eigenvalue weighted by atomic mass is 28.2. The van der Waals surface area contributed by atoms with E-state index in [-0.39, 0.29) is 5.97 Å². The Kier molecular flexibility index (Phi) is 18.0. The van der Waals surface area contributed by atoms with Gasteiger partial charge in [-0.1, -0.05) is 103 Å². The van der Waals surface area contributed by atoms with E-state index in [0.29, 0.717) is 12.7 Å². The van der Waals surface area contributed by atoms with Crippen molar-refractivity contribution in [3.8, 4) is 0 Å². The quantitative estimate of drug-likeness (QED) is 0.103. The molecule has 0 aliphatic carbocycles. The zero-order chi connectivity index (χ0) is 20.2. The lowest BCUT2D eigenvalue weighted by molar-refractivity contribution is -0.137. The van der Waals surface area contributed by atoms with Crippen LogP contribution in [0.25, 0.3) is 0 Å². The van der Waals surface area contributed by atoms with Crippen LogP contribution >= 0.6 is 0 Å². The van der Waals surface area contributed by atoms with Gasteiger partial charge in [0.2, 0.25) is 0 Å². The van der Waals surface area contributed by atoms with Gasteiger partial charge >= 0.3 is 11.8 Å². The average molecular weight is 409 g/mol. The highest BCUT2D eigenvalue weighted by Gasteiger charge is 2.25. The molecule has 0 aromatic carbocycles. The number of unbranched alkanes of at least 4 members (excludes halogenated alkanes) is 14. The summed E-state index contributed by atoms with van der Waals surface area (Å²) in [5.41, 5.74) is 0. The van der Waals surface area contributed by atoms with E-state index >= 15 is 0 Å². The molecule has 0 aromatic rings. The zero-order valence-corrected chi connectivity index (χ0v) is 18.4. The second kappa shape index (κ2) is 18.6. The lowest BCUT2D eigenvalue weighted by Gasteiger charge is -2.05. The second-order valence-electron chi connectivity index (χ2n) is 7.39. The van der Waals surface area contributed by atoms with Crippen LogP contribution < -0.4 is 0 Å². The summed E-state index contributed by atoms with van der Waals surface area (Å²) in [6.07, 6.45) is 18.7. The molecule has 27 heavy (non-hydrogen) atoms. The topological polar surface area (TPSA) is 26.3 Å². The minimum absolute atomic E-state index is 0.336. The van der Waals surface area contributed by atoms with Crippen molar-refractivity contribution in [2.24, 2.45) is 0 Å². The summed E-state index contributed by atoms with van der Waals surface area (Å²) in [5, 5.41) is 0. The van der Waals surface area contributed by atoms with Crippen LogP contribution in [0.2, 0.25) is 6.04 Å². The highest BCUT2D eigenvalue weighted by Crippen LogP contribution is 2.17. The summed E-state index contributed by atoms with van der Waals surface area (Å²) in [6, 6.07) is 0.423. The molecule has 2 nitrogen and oxygen atoms in total. The van der Waals surface area contributed by atoms with Gasteiger partial charge < -0.3 is 4.74 Å². The summed E-state index contributed by atoms with van der Waals surface area (Å²) in [4.78, 5) is 10.8. The number of alkyl halides is 3. The number of carbonyl (C=O) groups excluding carboxylic acids is 1. The van der Waals surface area contributed by atoms with Crippen molar-refractivity contribution >= 4 is 15.5 Å². The minimum Gasteiger partial charge on any atom is -0.463 e. The zero-order valence-electron chi connectivity index (χ0n) is 17.0. The molecule has 6 heteroatoms. The molecule has 0 aliphatic rings. The summed E-state index contributed by atoms with van der Waals surface area (Å²) >= 11 is 0. The van der Waals surface area contributed by atoms with Gasteiger partial charge in [-0.2, -0.15) is 13.2 Å². The normalized spacial score (nSPS) is 12.0. The van der Waals surface area contributed by atoms with Crippen molar-refractivity contribution in [2.45, 2.75) is 108 Å². The minimum atomic E-state index is -3.85. The number of halogens is 3. The number of rotatable bonds is 19. The molecular formula is C21H39F3O2Si. The van der Waals surface area contributed by atoms with Crippen LogP contribution in [0.1, 0.15) is 96.3 Å². The maximum Gasteiger partial charge on any atom is 0.354 e. The molecule has 0 saturated heterocycles. The van der Waals surface area contributed by atoms with Crippen LogP contribution in [-0.4, -0.2) is 27.9 Å². The summed E-state index contributed by atoms with van der Waals surface area (Å²) in [5.74, 6) is -4.18. The molecule has 0 aromatic heterocycles. The Labute approximate surface area is 166 Å². The molecular weight excluding hydrogens is 369 g/mol. The van der Waals surface area contributed by atoms with Gasteiger partial charge in [-0.25, -0.2) is 4.79 Å². The predicted octanol–water partition coefficient (Wildman–Crippen LogP) is 6.67. The standard InChI is InChI=1S/C21H39F3O2Si/c1-2-20(25)26-18-16-14-12-10-8-6-4-3-5-7-9-11-13-15-17-19-27-21(22,23)24/h2H,1,3-19,27H2. The Bertz CT molecular complexity index is 360. The third-order valence-corrected chi connectivity index (χ3v) is 6.19. The van der Waals surface area contributed by atoms with Crippen molar-refractivity contribution in [2.75, 3.05) is 6.61 Å². The molecule has 0 saturated carbocycles. The molecule has 0 unspecified atom stereocenters. The SMILES string of the molecule is C=CC(=O)OCCCCCCCCCCCCCCCCC[SiH2]C(F)(F)F. The molecule has 0 aliphatic heterocycles. The maximum absolute atomic E-state index is 12.0. The van der Waals surface area contributed by atoms with Gasteiger partial charge in [0.25, 0.3) is 0 Å². The summed E-state index contributed by atoms with van der Waals surface area (Å²) in [7, 11) is -1.84. The number of esters is 1. The fourth-order valence-electron chi connectivity index (χ4n) is 3.13. The van der Waals surface area contributed by atoms with Gasteiger partial charge in [-0.3, -0.25) is 0 Å². The fourth-order valence-corrected chi connectivity index (χ4v) is 4.14. The van der Waals surface area contributed by atoms with Crippen molar-refractivity contribution in [3.63, 3.8) is 0 Å². The highest BCUT2D eigenvalue weighted by molar-refractivity contribution is 6.37. The lowest BCUT2D eigenvalue weighted by Crippen LogP contribution is -2.17. The van der Waals surface area contributed by atoms with Gasteiger partial charge in [-0.05, 0) is 6.42 Å². The van der Waals surface area contributed by atoms with E-state index in [9.17, 15) is 18.0 Å². The largest absolute Gasteiger partial charge is 0.463 e. The van der Waals surface area contributed by atoms with Crippen LogP contribution in [0.15, 0.2) is 12.7 Å². The Morgan fingerprint density at radius 2 is 1.11 bits per heavy atom. The van der Waals surface area contributed by atoms with Crippen molar-refractivity contribution in [3.05, 3.63) is 12.7 Å². The number of hydrogen-bond donors (Lipinski definition) is 0. The maximum atomic E-state index is 12.0. The lowest BCUT2D eigenvalue weighted by atomic mass is 10.0. The molecule has 160 valence electrons. The molecule has 0 radical (unpaired) electrons. The van der Waals surface area contributed by atoms with E-state index < -0.39 is 15.3 Å². The summed E-state index contributed by atoms with van der Waals surface area (Å²) in [6.45, 7) is 3.86. The third kappa shape index (κ3) is 23.2. The van der Waals surface area contributed by atoms with Crippen LogP contribution in [0.4, 0.5) is 13.2 Å². The first-order valence-electron chi connectivity index (χ1n) is 10.8. The van der Waals surface area contributed by atoms with Gasteiger partial charge in [-0.15, -0.1) is 0 Å². The molecule has 0 atom stereocenters. The first-order chi connectivity index (χ1) is 13.0. The van der Waals surface area contributed by atoms with Crippen LogP contribution in [0.3, 0.4) is 0 Å². The molecule has 0 fully saturated rings. The van der Waals surface area contributed by atoms with E-state index in [0.717, 1.165) is 32.1 Å². The van der Waals surface area contributed by atoms with Gasteiger partial charge in [0.1, 0.15) is 0 Å². The Hall–Kier alpha value is -0.783. The van der Waals surface area contributed by atoms with Crippen LogP contribution in [0.5, 0.6) is 0 Å². The van der Waals surface area contributed by atoms with Crippen molar-refractivity contribution in [1.82, 2.24) is 0 Å². The first-order valence-corrected chi connectivity index (χ1v) is 12.5. The van der Waals surface area contributed by atoms with Crippen molar-refractivity contribution < 1.29 is 22.7 Å². The van der Waals surface area contributed by atoms with Gasteiger partial charge in [0.15, 0.2) is 9.52 Å². The molecule has 0 N–H and O–H groups in total. The van der Waals surface area contributed by atoms with E-state index in [1.165, 1.54) is 70.3 Å².